The average molecular weight is 312 g/mol. The summed E-state index contributed by atoms with van der Waals surface area (Å²) in [6, 6.07) is 5.52. The highest BCUT2D eigenvalue weighted by Gasteiger charge is 2.62. The molecule has 6 heteroatoms. The lowest BCUT2D eigenvalue weighted by Crippen LogP contribution is -2.40. The molecule has 1 fully saturated rings. The van der Waals surface area contributed by atoms with Gasteiger partial charge in [0.25, 0.3) is 5.92 Å². The average Bonchev–Trinajstić information content (AvgIpc) is 2.50. The number of aromatic nitrogens is 1. The molecule has 0 unspecified atom stereocenters. The van der Waals surface area contributed by atoms with Gasteiger partial charge in [0.05, 0.1) is 5.03 Å². The van der Waals surface area contributed by atoms with E-state index in [2.05, 4.69) is 4.98 Å². The van der Waals surface area contributed by atoms with Gasteiger partial charge >= 0.3 is 0 Å². The Bertz CT molecular complexity index is 414. The van der Waals surface area contributed by atoms with E-state index in [-0.39, 0.29) is 11.7 Å². The van der Waals surface area contributed by atoms with E-state index in [4.69, 9.17) is 23.2 Å². The molecule has 1 aliphatic carbocycles. The Balaban J connectivity index is 2.09. The van der Waals surface area contributed by atoms with E-state index in [1.807, 2.05) is 25.1 Å². The van der Waals surface area contributed by atoms with Crippen LogP contribution in [0.5, 0.6) is 0 Å². The molecule has 0 bridgehead atoms. The highest BCUT2D eigenvalue weighted by atomic mass is 35.5. The summed E-state index contributed by atoms with van der Waals surface area (Å²) < 4.78 is 25.2. The Labute approximate surface area is 119 Å². The fourth-order valence-corrected chi connectivity index (χ4v) is 4.27. The fraction of sp³-hybridized carbons (Fsp3) is 0.583. The van der Waals surface area contributed by atoms with Crippen LogP contribution in [-0.4, -0.2) is 20.5 Å². The minimum Gasteiger partial charge on any atom is -0.250 e. The molecule has 0 saturated heterocycles. The number of nitrogens with zero attached hydrogens (tertiary/aromatic N) is 1. The molecule has 1 nitrogen and oxygen atoms in total. The molecule has 0 spiro atoms. The van der Waals surface area contributed by atoms with Gasteiger partial charge in [-0.3, -0.25) is 0 Å². The van der Waals surface area contributed by atoms with Gasteiger partial charge in [-0.05, 0) is 18.6 Å². The number of thioether (sulfide) groups is 1. The van der Waals surface area contributed by atoms with Crippen molar-refractivity contribution in [3.05, 3.63) is 24.4 Å². The molecule has 1 saturated carbocycles. The summed E-state index contributed by atoms with van der Waals surface area (Å²) in [5.41, 5.74) is 0. The maximum atomic E-state index is 13.6. The van der Waals surface area contributed by atoms with E-state index in [1.165, 1.54) is 11.8 Å². The molecule has 18 heavy (non-hydrogen) atoms. The molecule has 0 aliphatic heterocycles. The molecule has 1 heterocycles. The van der Waals surface area contributed by atoms with Crippen molar-refractivity contribution in [3.8, 4) is 0 Å². The molecular weight excluding hydrogens is 299 g/mol. The maximum absolute atomic E-state index is 13.6. The van der Waals surface area contributed by atoms with E-state index < -0.39 is 16.2 Å². The maximum Gasteiger partial charge on any atom is 0.280 e. The van der Waals surface area contributed by atoms with Crippen LogP contribution in [0.4, 0.5) is 8.78 Å². The predicted molar refractivity (Wildman–Crippen MR) is 71.7 cm³/mol. The minimum absolute atomic E-state index is 0.108. The van der Waals surface area contributed by atoms with Crippen LogP contribution in [-0.2, 0) is 0 Å². The fourth-order valence-electron chi connectivity index (χ4n) is 2.17. The number of pyridine rings is 1. The first-order valence-electron chi connectivity index (χ1n) is 5.68. The Morgan fingerprint density at radius 2 is 2.17 bits per heavy atom. The van der Waals surface area contributed by atoms with Crippen molar-refractivity contribution < 1.29 is 8.78 Å². The first-order valence-corrected chi connectivity index (χ1v) is 7.31. The standard InChI is InChI=1S/C12H13Cl2F2NS/c1-8(18-10-4-2-3-7-17-10)9-5-6-11(15,16)12(9,13)14/h2-4,7-9H,5-6H2,1H3/t8-,9-/m1/s1. The van der Waals surface area contributed by atoms with Crippen molar-refractivity contribution >= 4 is 35.0 Å². The summed E-state index contributed by atoms with van der Waals surface area (Å²) in [5, 5.41) is 0.688. The SMILES string of the molecule is C[C@@H](Sc1ccccn1)[C@H]1CCC(F)(F)C1(Cl)Cl. The number of halogens is 4. The van der Waals surface area contributed by atoms with E-state index in [9.17, 15) is 8.78 Å². The van der Waals surface area contributed by atoms with E-state index in [0.717, 1.165) is 5.03 Å². The van der Waals surface area contributed by atoms with E-state index in [1.54, 1.807) is 6.20 Å². The van der Waals surface area contributed by atoms with Crippen LogP contribution in [0, 0.1) is 5.92 Å². The van der Waals surface area contributed by atoms with Crippen LogP contribution >= 0.6 is 35.0 Å². The van der Waals surface area contributed by atoms with Gasteiger partial charge in [-0.1, -0.05) is 36.2 Å². The molecule has 1 aliphatic rings. The zero-order valence-electron chi connectivity index (χ0n) is 9.75. The van der Waals surface area contributed by atoms with Gasteiger partial charge in [0.15, 0.2) is 4.33 Å². The van der Waals surface area contributed by atoms with Crippen LogP contribution in [0.15, 0.2) is 29.4 Å². The Hall–Kier alpha value is -0.0600. The monoisotopic (exact) mass is 311 g/mol. The Morgan fingerprint density at radius 3 is 2.67 bits per heavy atom. The van der Waals surface area contributed by atoms with Crippen LogP contribution in [0.3, 0.4) is 0 Å². The first kappa shape index (κ1) is 14.4. The van der Waals surface area contributed by atoms with Crippen molar-refractivity contribution in [2.45, 2.75) is 40.3 Å². The summed E-state index contributed by atoms with van der Waals surface area (Å²) in [6.45, 7) is 1.87. The topological polar surface area (TPSA) is 12.9 Å². The molecule has 0 N–H and O–H groups in total. The lowest BCUT2D eigenvalue weighted by molar-refractivity contribution is -0.00373. The third-order valence-electron chi connectivity index (χ3n) is 3.23. The molecule has 2 atom stereocenters. The molecule has 1 aromatic rings. The Kier molecular flexibility index (Phi) is 4.10. The molecule has 100 valence electrons. The lowest BCUT2D eigenvalue weighted by Gasteiger charge is -2.30. The molecule has 1 aromatic heterocycles. The second kappa shape index (κ2) is 5.14. The smallest absolute Gasteiger partial charge is 0.250 e. The van der Waals surface area contributed by atoms with E-state index >= 15 is 0 Å². The summed E-state index contributed by atoms with van der Waals surface area (Å²) in [7, 11) is 0. The van der Waals surface area contributed by atoms with Crippen molar-refractivity contribution in [2.75, 3.05) is 0 Å². The summed E-state index contributed by atoms with van der Waals surface area (Å²) in [5.74, 6) is -3.46. The van der Waals surface area contributed by atoms with Crippen LogP contribution in [0.2, 0.25) is 0 Å². The van der Waals surface area contributed by atoms with E-state index in [0.29, 0.717) is 6.42 Å². The summed E-state index contributed by atoms with van der Waals surface area (Å²) >= 11 is 13.2. The number of hydrogen-bond donors (Lipinski definition) is 0. The molecule has 0 aromatic carbocycles. The molecular formula is C12H13Cl2F2NS. The van der Waals surface area contributed by atoms with Gasteiger partial charge in [0.1, 0.15) is 0 Å². The summed E-state index contributed by atoms with van der Waals surface area (Å²) in [6.07, 6.45) is 1.76. The second-order valence-electron chi connectivity index (χ2n) is 4.46. The zero-order chi connectivity index (χ0) is 13.4. The third-order valence-corrected chi connectivity index (χ3v) is 5.53. The minimum atomic E-state index is -3.01. The van der Waals surface area contributed by atoms with Crippen molar-refractivity contribution in [1.29, 1.82) is 0 Å². The number of hydrogen-bond acceptors (Lipinski definition) is 2. The molecule has 0 radical (unpaired) electrons. The van der Waals surface area contributed by atoms with Gasteiger partial charge < -0.3 is 0 Å². The van der Waals surface area contributed by atoms with Crippen molar-refractivity contribution in [1.82, 2.24) is 4.98 Å². The zero-order valence-corrected chi connectivity index (χ0v) is 12.1. The van der Waals surface area contributed by atoms with Gasteiger partial charge in [0, 0.05) is 23.8 Å². The normalized spacial score (nSPS) is 27.1. The molecule has 2 rings (SSSR count). The van der Waals surface area contributed by atoms with Crippen molar-refractivity contribution in [2.24, 2.45) is 5.92 Å². The van der Waals surface area contributed by atoms with Crippen LogP contribution in [0.25, 0.3) is 0 Å². The predicted octanol–water partition coefficient (Wildman–Crippen LogP) is 4.78. The number of rotatable bonds is 3. The van der Waals surface area contributed by atoms with Gasteiger partial charge in [-0.2, -0.15) is 0 Å². The highest BCUT2D eigenvalue weighted by Crippen LogP contribution is 2.57. The lowest BCUT2D eigenvalue weighted by atomic mass is 10.0. The highest BCUT2D eigenvalue weighted by molar-refractivity contribution is 7.99. The summed E-state index contributed by atoms with van der Waals surface area (Å²) in [4.78, 5) is 4.16. The number of alkyl halides is 4. The first-order chi connectivity index (χ1) is 8.34. The van der Waals surface area contributed by atoms with Crippen LogP contribution in [0.1, 0.15) is 19.8 Å². The van der Waals surface area contributed by atoms with Gasteiger partial charge in [-0.15, -0.1) is 11.8 Å². The quantitative estimate of drug-likeness (QED) is 0.588. The second-order valence-corrected chi connectivity index (χ2v) is 7.25. The largest absolute Gasteiger partial charge is 0.280 e. The molecule has 0 amide bonds. The third kappa shape index (κ3) is 2.61. The van der Waals surface area contributed by atoms with Crippen molar-refractivity contribution in [3.63, 3.8) is 0 Å². The Morgan fingerprint density at radius 1 is 1.44 bits per heavy atom. The van der Waals surface area contributed by atoms with Gasteiger partial charge in [0.2, 0.25) is 0 Å². The van der Waals surface area contributed by atoms with Gasteiger partial charge in [-0.25, -0.2) is 13.8 Å². The van der Waals surface area contributed by atoms with Crippen LogP contribution < -0.4 is 0 Å².